The normalized spacial score (nSPS) is 11.1. The zero-order valence-corrected chi connectivity index (χ0v) is 9.89. The lowest BCUT2D eigenvalue weighted by atomic mass is 10.0. The Morgan fingerprint density at radius 1 is 1.24 bits per heavy atom. The summed E-state index contributed by atoms with van der Waals surface area (Å²) in [5.41, 5.74) is 1.51. The number of hydrogen-bond acceptors (Lipinski definition) is 2. The number of benzene rings is 1. The van der Waals surface area contributed by atoms with Crippen LogP contribution in [0, 0.1) is 0 Å². The van der Waals surface area contributed by atoms with Gasteiger partial charge in [-0.15, -0.1) is 0 Å². The fourth-order valence-electron chi connectivity index (χ4n) is 1.80. The topological polar surface area (TPSA) is 30.0 Å². The van der Waals surface area contributed by atoms with Crippen LogP contribution in [0.1, 0.15) is 30.1 Å². The van der Waals surface area contributed by atoms with E-state index in [1.807, 2.05) is 42.5 Å². The van der Waals surface area contributed by atoms with Gasteiger partial charge in [0.05, 0.1) is 5.52 Å². The minimum Gasteiger partial charge on any atom is -0.294 e. The smallest absolute Gasteiger partial charge is 0.168 e. The molecule has 0 fully saturated rings. The predicted molar refractivity (Wildman–Crippen MR) is 70.1 cm³/mol. The van der Waals surface area contributed by atoms with Crippen molar-refractivity contribution in [3.8, 4) is 0 Å². The Bertz CT molecular complexity index is 552. The first-order valence-electron chi connectivity index (χ1n) is 5.85. The molecule has 2 heteroatoms. The molecule has 0 spiro atoms. The van der Waals surface area contributed by atoms with Gasteiger partial charge in [0.2, 0.25) is 0 Å². The van der Waals surface area contributed by atoms with E-state index in [9.17, 15) is 4.79 Å². The second-order valence-corrected chi connectivity index (χ2v) is 3.89. The third-order valence-corrected chi connectivity index (χ3v) is 2.64. The van der Waals surface area contributed by atoms with Gasteiger partial charge in [-0.3, -0.25) is 9.78 Å². The number of nitrogens with zero attached hydrogens (tertiary/aromatic N) is 1. The first kappa shape index (κ1) is 11.5. The minimum absolute atomic E-state index is 0.124. The highest BCUT2D eigenvalue weighted by Crippen LogP contribution is 2.17. The molecule has 0 saturated heterocycles. The highest BCUT2D eigenvalue weighted by atomic mass is 16.1. The van der Waals surface area contributed by atoms with Crippen molar-refractivity contribution < 1.29 is 4.79 Å². The molecular weight excluding hydrogens is 210 g/mol. The number of aromatic nitrogens is 1. The Hall–Kier alpha value is -1.96. The lowest BCUT2D eigenvalue weighted by Crippen LogP contribution is -1.99. The number of carbonyl (C=O) groups excluding carboxylic acids is 1. The Labute approximate surface area is 101 Å². The highest BCUT2D eigenvalue weighted by molar-refractivity contribution is 6.07. The van der Waals surface area contributed by atoms with Crippen molar-refractivity contribution in [2.45, 2.75) is 19.8 Å². The summed E-state index contributed by atoms with van der Waals surface area (Å²) in [5.74, 6) is 0.124. The summed E-state index contributed by atoms with van der Waals surface area (Å²) in [5, 5.41) is 1.01. The van der Waals surface area contributed by atoms with E-state index >= 15 is 0 Å². The van der Waals surface area contributed by atoms with Gasteiger partial charge in [-0.05, 0) is 18.6 Å². The molecule has 0 N–H and O–H groups in total. The largest absolute Gasteiger partial charge is 0.294 e. The number of allylic oxidation sites excluding steroid dienone is 2. The molecular formula is C15H15NO. The number of para-hydroxylation sites is 1. The van der Waals surface area contributed by atoms with Gasteiger partial charge in [0.15, 0.2) is 5.78 Å². The first-order chi connectivity index (χ1) is 8.33. The Morgan fingerprint density at radius 2 is 2.06 bits per heavy atom. The molecule has 0 aliphatic carbocycles. The molecule has 86 valence electrons. The summed E-state index contributed by atoms with van der Waals surface area (Å²) in [6, 6.07) is 9.58. The Balaban J connectivity index is 2.35. The molecule has 0 aliphatic heterocycles. The quantitative estimate of drug-likeness (QED) is 0.585. The number of hydrogen-bond donors (Lipinski definition) is 0. The second-order valence-electron chi connectivity index (χ2n) is 3.89. The van der Waals surface area contributed by atoms with Crippen LogP contribution < -0.4 is 0 Å². The molecule has 1 aromatic heterocycles. The van der Waals surface area contributed by atoms with Crippen LogP contribution in [0.15, 0.2) is 48.7 Å². The van der Waals surface area contributed by atoms with Crippen molar-refractivity contribution in [3.05, 3.63) is 54.2 Å². The van der Waals surface area contributed by atoms with Crippen LogP contribution in [0.3, 0.4) is 0 Å². The van der Waals surface area contributed by atoms with Crippen LogP contribution in [0.5, 0.6) is 0 Å². The lowest BCUT2D eigenvalue weighted by Gasteiger charge is -2.02. The molecule has 2 rings (SSSR count). The number of pyridine rings is 1. The van der Waals surface area contributed by atoms with E-state index in [0.29, 0.717) is 12.0 Å². The Morgan fingerprint density at radius 3 is 2.88 bits per heavy atom. The van der Waals surface area contributed by atoms with Gasteiger partial charge in [0, 0.05) is 23.6 Å². The lowest BCUT2D eigenvalue weighted by molar-refractivity contribution is 0.0997. The van der Waals surface area contributed by atoms with Crippen LogP contribution in [-0.4, -0.2) is 10.8 Å². The van der Waals surface area contributed by atoms with E-state index in [4.69, 9.17) is 0 Å². The summed E-state index contributed by atoms with van der Waals surface area (Å²) < 4.78 is 0. The standard InChI is InChI=1S/C15H15NO/c1-2-3-4-10-14(17)13-9-5-7-12-8-6-11-16-15(12)13/h3-9,11H,2,10H2,1H3/b4-3+. The molecule has 0 atom stereocenters. The van der Waals surface area contributed by atoms with Crippen molar-refractivity contribution in [2.24, 2.45) is 0 Å². The third-order valence-electron chi connectivity index (χ3n) is 2.64. The highest BCUT2D eigenvalue weighted by Gasteiger charge is 2.08. The summed E-state index contributed by atoms with van der Waals surface area (Å²) in [4.78, 5) is 16.3. The number of carbonyl (C=O) groups is 1. The fourth-order valence-corrected chi connectivity index (χ4v) is 1.80. The maximum absolute atomic E-state index is 12.0. The van der Waals surface area contributed by atoms with Gasteiger partial charge in [-0.1, -0.05) is 37.3 Å². The van der Waals surface area contributed by atoms with Crippen LogP contribution in [-0.2, 0) is 0 Å². The van der Waals surface area contributed by atoms with E-state index in [1.165, 1.54) is 0 Å². The first-order valence-corrected chi connectivity index (χ1v) is 5.85. The minimum atomic E-state index is 0.124. The molecule has 0 saturated carbocycles. The van der Waals surface area contributed by atoms with Crippen molar-refractivity contribution >= 4 is 16.7 Å². The van der Waals surface area contributed by atoms with Crippen LogP contribution in [0.4, 0.5) is 0 Å². The number of rotatable bonds is 4. The molecule has 0 radical (unpaired) electrons. The summed E-state index contributed by atoms with van der Waals surface area (Å²) >= 11 is 0. The number of ketones is 1. The fraction of sp³-hybridized carbons (Fsp3) is 0.200. The van der Waals surface area contributed by atoms with Gasteiger partial charge in [-0.25, -0.2) is 0 Å². The molecule has 0 aliphatic rings. The zero-order valence-electron chi connectivity index (χ0n) is 9.89. The SMILES string of the molecule is CC/C=C/CC(=O)c1cccc2cccnc12. The molecule has 2 nitrogen and oxygen atoms in total. The van der Waals surface area contributed by atoms with E-state index < -0.39 is 0 Å². The van der Waals surface area contributed by atoms with Crippen LogP contribution >= 0.6 is 0 Å². The van der Waals surface area contributed by atoms with Gasteiger partial charge in [0.1, 0.15) is 0 Å². The predicted octanol–water partition coefficient (Wildman–Crippen LogP) is 3.77. The average molecular weight is 225 g/mol. The maximum Gasteiger partial charge on any atom is 0.168 e. The van der Waals surface area contributed by atoms with Gasteiger partial charge in [-0.2, -0.15) is 0 Å². The van der Waals surface area contributed by atoms with Gasteiger partial charge < -0.3 is 0 Å². The molecule has 1 aromatic carbocycles. The number of Topliss-reactive ketones (excluding diaryl/α,β-unsaturated/α-hetero) is 1. The monoisotopic (exact) mass is 225 g/mol. The summed E-state index contributed by atoms with van der Waals surface area (Å²) in [7, 11) is 0. The van der Waals surface area contributed by atoms with Crippen molar-refractivity contribution in [1.82, 2.24) is 4.98 Å². The molecule has 17 heavy (non-hydrogen) atoms. The van der Waals surface area contributed by atoms with Gasteiger partial charge in [0.25, 0.3) is 0 Å². The number of fused-ring (bicyclic) bond motifs is 1. The molecule has 1 heterocycles. The van der Waals surface area contributed by atoms with Crippen molar-refractivity contribution in [2.75, 3.05) is 0 Å². The maximum atomic E-state index is 12.0. The Kier molecular flexibility index (Phi) is 3.66. The van der Waals surface area contributed by atoms with E-state index in [0.717, 1.165) is 17.3 Å². The molecule has 2 aromatic rings. The van der Waals surface area contributed by atoms with E-state index in [-0.39, 0.29) is 5.78 Å². The van der Waals surface area contributed by atoms with Crippen LogP contribution in [0.25, 0.3) is 10.9 Å². The molecule has 0 bridgehead atoms. The van der Waals surface area contributed by atoms with E-state index in [2.05, 4.69) is 11.9 Å². The molecule has 0 amide bonds. The van der Waals surface area contributed by atoms with E-state index in [1.54, 1.807) is 6.20 Å². The second kappa shape index (κ2) is 5.39. The van der Waals surface area contributed by atoms with Crippen molar-refractivity contribution in [3.63, 3.8) is 0 Å². The van der Waals surface area contributed by atoms with Crippen LogP contribution in [0.2, 0.25) is 0 Å². The van der Waals surface area contributed by atoms with Crippen molar-refractivity contribution in [1.29, 1.82) is 0 Å². The average Bonchev–Trinajstić information content (AvgIpc) is 2.38. The zero-order chi connectivity index (χ0) is 12.1. The summed E-state index contributed by atoms with van der Waals surface area (Å²) in [6.07, 6.45) is 7.06. The summed E-state index contributed by atoms with van der Waals surface area (Å²) in [6.45, 7) is 2.06. The van der Waals surface area contributed by atoms with Gasteiger partial charge >= 0.3 is 0 Å². The molecule has 0 unspecified atom stereocenters. The third kappa shape index (κ3) is 2.59.